The molecule has 1 heterocycles. The maximum Gasteiger partial charge on any atom is 0.348 e. The van der Waals surface area contributed by atoms with Crippen LogP contribution in [0.15, 0.2) is 6.07 Å². The summed E-state index contributed by atoms with van der Waals surface area (Å²) in [6, 6.07) is 1.86. The van der Waals surface area contributed by atoms with Crippen LogP contribution in [0.1, 0.15) is 20.7 Å². The van der Waals surface area contributed by atoms with Crippen LogP contribution in [0.2, 0.25) is 0 Å². The SMILES string of the molecule is O=C1OC(=O)c2c(I)c(I)cc(I)c21. The fourth-order valence-electron chi connectivity index (χ4n) is 1.17. The van der Waals surface area contributed by atoms with Crippen LogP contribution in [0.4, 0.5) is 0 Å². The number of rotatable bonds is 0. The second kappa shape index (κ2) is 3.85. The number of esters is 2. The maximum absolute atomic E-state index is 11.3. The van der Waals surface area contributed by atoms with Crippen molar-refractivity contribution in [1.82, 2.24) is 0 Å². The first-order valence-electron chi connectivity index (χ1n) is 3.46. The fraction of sp³-hybridized carbons (Fsp3) is 0. The minimum atomic E-state index is -0.538. The molecule has 0 amide bonds. The molecule has 1 aromatic carbocycles. The molecule has 0 N–H and O–H groups in total. The summed E-state index contributed by atoms with van der Waals surface area (Å²) in [5, 5.41) is 0. The van der Waals surface area contributed by atoms with Crippen molar-refractivity contribution in [3.8, 4) is 0 Å². The van der Waals surface area contributed by atoms with Crippen LogP contribution in [0.3, 0.4) is 0 Å². The number of carbonyl (C=O) groups is 2. The lowest BCUT2D eigenvalue weighted by Crippen LogP contribution is -2.00. The topological polar surface area (TPSA) is 43.4 Å². The highest BCUT2D eigenvalue weighted by atomic mass is 127. The molecule has 0 saturated carbocycles. The first-order valence-corrected chi connectivity index (χ1v) is 6.70. The highest BCUT2D eigenvalue weighted by Gasteiger charge is 2.34. The molecule has 0 radical (unpaired) electrons. The highest BCUT2D eigenvalue weighted by Crippen LogP contribution is 2.32. The molecule has 0 atom stereocenters. The molecule has 0 fully saturated rings. The van der Waals surface area contributed by atoms with Gasteiger partial charge in [-0.3, -0.25) is 0 Å². The molecule has 1 aliphatic heterocycles. The Morgan fingerprint density at radius 1 is 0.929 bits per heavy atom. The van der Waals surface area contributed by atoms with E-state index in [-0.39, 0.29) is 0 Å². The van der Waals surface area contributed by atoms with Crippen molar-refractivity contribution in [1.29, 1.82) is 0 Å². The molecule has 1 aliphatic rings. The molecule has 0 bridgehead atoms. The summed E-state index contributed by atoms with van der Waals surface area (Å²) in [7, 11) is 0. The molecule has 3 nitrogen and oxygen atoms in total. The number of cyclic esters (lactones) is 2. The van der Waals surface area contributed by atoms with Crippen molar-refractivity contribution in [2.24, 2.45) is 0 Å². The average Bonchev–Trinajstić information content (AvgIpc) is 2.38. The monoisotopic (exact) mass is 526 g/mol. The molecule has 6 heteroatoms. The summed E-state index contributed by atoms with van der Waals surface area (Å²) in [6.07, 6.45) is 0. The van der Waals surface area contributed by atoms with Gasteiger partial charge in [0, 0.05) is 10.7 Å². The van der Waals surface area contributed by atoms with Gasteiger partial charge in [-0.25, -0.2) is 9.59 Å². The van der Waals surface area contributed by atoms with Crippen LogP contribution < -0.4 is 0 Å². The van der Waals surface area contributed by atoms with E-state index in [4.69, 9.17) is 0 Å². The standard InChI is InChI=1S/C8HI3O3/c9-2-1-3(10)6(11)5-4(2)7(12)14-8(5)13/h1H. The molecule has 1 aromatic rings. The van der Waals surface area contributed by atoms with Gasteiger partial charge in [0.15, 0.2) is 0 Å². The summed E-state index contributed by atoms with van der Waals surface area (Å²) < 4.78 is 7.06. The van der Waals surface area contributed by atoms with Gasteiger partial charge >= 0.3 is 11.9 Å². The lowest BCUT2D eigenvalue weighted by Gasteiger charge is -2.02. The molecule has 72 valence electrons. The van der Waals surface area contributed by atoms with E-state index in [1.807, 2.05) is 51.2 Å². The number of fused-ring (bicyclic) bond motifs is 1. The fourth-order valence-corrected chi connectivity index (χ4v) is 3.80. The zero-order valence-corrected chi connectivity index (χ0v) is 12.9. The van der Waals surface area contributed by atoms with E-state index in [0.717, 1.165) is 10.7 Å². The number of ether oxygens (including phenoxy) is 1. The lowest BCUT2D eigenvalue weighted by atomic mass is 10.1. The van der Waals surface area contributed by atoms with Crippen LogP contribution in [0, 0.1) is 10.7 Å². The third-order valence-electron chi connectivity index (χ3n) is 1.77. The summed E-state index contributed by atoms with van der Waals surface area (Å²) in [5.41, 5.74) is 0.812. The summed E-state index contributed by atoms with van der Waals surface area (Å²) >= 11 is 6.21. The molecule has 0 spiro atoms. The van der Waals surface area contributed by atoms with Crippen molar-refractivity contribution in [3.05, 3.63) is 27.9 Å². The highest BCUT2D eigenvalue weighted by molar-refractivity contribution is 14.1. The van der Waals surface area contributed by atoms with E-state index in [1.165, 1.54) is 0 Å². The van der Waals surface area contributed by atoms with Gasteiger partial charge in [-0.15, -0.1) is 0 Å². The van der Waals surface area contributed by atoms with Crippen LogP contribution in [0.5, 0.6) is 0 Å². The van der Waals surface area contributed by atoms with E-state index < -0.39 is 11.9 Å². The number of carbonyl (C=O) groups excluding carboxylic acids is 2. The van der Waals surface area contributed by atoms with Crippen molar-refractivity contribution in [2.75, 3.05) is 0 Å². The van der Waals surface area contributed by atoms with E-state index in [0.29, 0.717) is 11.1 Å². The smallest absolute Gasteiger partial charge is 0.348 e. The predicted octanol–water partition coefficient (Wildman–Crippen LogP) is 2.81. The Morgan fingerprint density at radius 2 is 1.50 bits per heavy atom. The molecular weight excluding hydrogens is 525 g/mol. The predicted molar refractivity (Wildman–Crippen MR) is 74.3 cm³/mol. The Balaban J connectivity index is 2.86. The Bertz CT molecular complexity index is 467. The molecular formula is C8HI3O3. The third kappa shape index (κ3) is 1.58. The number of hydrogen-bond acceptors (Lipinski definition) is 3. The molecule has 2 rings (SSSR count). The number of halogens is 3. The number of benzene rings is 1. The second-order valence-electron chi connectivity index (χ2n) is 2.58. The van der Waals surface area contributed by atoms with Crippen LogP contribution in [-0.2, 0) is 4.74 Å². The van der Waals surface area contributed by atoms with Gasteiger partial charge in [-0.2, -0.15) is 0 Å². The summed E-state index contributed by atoms with van der Waals surface area (Å²) in [5.74, 6) is -1.07. The van der Waals surface area contributed by atoms with Crippen molar-refractivity contribution >= 4 is 79.7 Å². The van der Waals surface area contributed by atoms with Gasteiger partial charge in [-0.1, -0.05) is 0 Å². The van der Waals surface area contributed by atoms with Crippen molar-refractivity contribution < 1.29 is 14.3 Å². The molecule has 0 aromatic heterocycles. The molecule has 0 unspecified atom stereocenters. The second-order valence-corrected chi connectivity index (χ2v) is 5.98. The Morgan fingerprint density at radius 3 is 2.14 bits per heavy atom. The zero-order valence-electron chi connectivity index (χ0n) is 6.44. The zero-order chi connectivity index (χ0) is 10.5. The quantitative estimate of drug-likeness (QED) is 0.226. The van der Waals surface area contributed by atoms with Gasteiger partial charge in [0.1, 0.15) is 0 Å². The van der Waals surface area contributed by atoms with Crippen LogP contribution >= 0.6 is 67.8 Å². The van der Waals surface area contributed by atoms with Crippen molar-refractivity contribution in [3.63, 3.8) is 0 Å². The van der Waals surface area contributed by atoms with Crippen molar-refractivity contribution in [2.45, 2.75) is 0 Å². The minimum absolute atomic E-state index is 0.403. The van der Waals surface area contributed by atoms with Gasteiger partial charge in [0.05, 0.1) is 11.1 Å². The molecule has 0 saturated heterocycles. The van der Waals surface area contributed by atoms with E-state index >= 15 is 0 Å². The van der Waals surface area contributed by atoms with Gasteiger partial charge in [0.2, 0.25) is 0 Å². The first-order chi connectivity index (χ1) is 6.52. The third-order valence-corrected chi connectivity index (χ3v) is 5.62. The average molecular weight is 526 g/mol. The van der Waals surface area contributed by atoms with Gasteiger partial charge in [0.25, 0.3) is 0 Å². The largest absolute Gasteiger partial charge is 0.386 e. The Labute approximate surface area is 120 Å². The Hall–Kier alpha value is 0.550. The molecule has 14 heavy (non-hydrogen) atoms. The van der Waals surface area contributed by atoms with Crippen LogP contribution in [-0.4, -0.2) is 11.9 Å². The van der Waals surface area contributed by atoms with Crippen LogP contribution in [0.25, 0.3) is 0 Å². The summed E-state index contributed by atoms with van der Waals surface area (Å²) in [4.78, 5) is 22.7. The van der Waals surface area contributed by atoms with Gasteiger partial charge in [-0.05, 0) is 73.8 Å². The van der Waals surface area contributed by atoms with E-state index in [2.05, 4.69) is 27.3 Å². The number of hydrogen-bond donors (Lipinski definition) is 0. The minimum Gasteiger partial charge on any atom is -0.386 e. The maximum atomic E-state index is 11.3. The van der Waals surface area contributed by atoms with E-state index in [1.54, 1.807) is 0 Å². The van der Waals surface area contributed by atoms with E-state index in [9.17, 15) is 9.59 Å². The normalized spacial score (nSPS) is 14.2. The Kier molecular flexibility index (Phi) is 3.04. The molecule has 0 aliphatic carbocycles. The van der Waals surface area contributed by atoms with Gasteiger partial charge < -0.3 is 4.74 Å². The first kappa shape index (κ1) is 11.0. The summed E-state index contributed by atoms with van der Waals surface area (Å²) in [6.45, 7) is 0. The lowest BCUT2D eigenvalue weighted by molar-refractivity contribution is 0.0443.